The lowest BCUT2D eigenvalue weighted by Gasteiger charge is -2.27. The van der Waals surface area contributed by atoms with Crippen LogP contribution in [0.15, 0.2) is 47.5 Å². The molecule has 1 aliphatic carbocycles. The zero-order chi connectivity index (χ0) is 24.4. The average molecular weight is 478 g/mol. The molecule has 1 amide bonds. The van der Waals surface area contributed by atoms with Crippen LogP contribution in [0.1, 0.15) is 21.5 Å². The molecule has 1 aromatic carbocycles. The number of rotatable bonds is 7. The van der Waals surface area contributed by atoms with E-state index in [2.05, 4.69) is 39.5 Å². The second-order valence-corrected chi connectivity index (χ2v) is 9.12. The Kier molecular flexibility index (Phi) is 6.81. The summed E-state index contributed by atoms with van der Waals surface area (Å²) in [5.74, 6) is -0.482. The molecule has 1 N–H and O–H groups in total. The van der Waals surface area contributed by atoms with Gasteiger partial charge in [-0.3, -0.25) is 19.3 Å². The van der Waals surface area contributed by atoms with Gasteiger partial charge in [0.05, 0.1) is 37.6 Å². The fourth-order valence-electron chi connectivity index (χ4n) is 4.90. The number of amides is 1. The number of aromatic nitrogens is 2. The molecule has 0 saturated carbocycles. The number of nitrogens with zero attached hydrogens (tertiary/aromatic N) is 4. The number of hydroxylamine groups is 2. The predicted octanol–water partition coefficient (Wildman–Crippen LogP) is 1.94. The lowest BCUT2D eigenvalue weighted by atomic mass is 10.1. The lowest BCUT2D eigenvalue weighted by Crippen LogP contribution is -2.38. The van der Waals surface area contributed by atoms with Crippen molar-refractivity contribution in [3.8, 4) is 0 Å². The molecule has 1 saturated heterocycles. The van der Waals surface area contributed by atoms with Crippen molar-refractivity contribution < 1.29 is 14.4 Å². The van der Waals surface area contributed by atoms with Crippen molar-refractivity contribution in [1.82, 2.24) is 19.5 Å². The van der Waals surface area contributed by atoms with Crippen LogP contribution < -0.4 is 10.7 Å². The van der Waals surface area contributed by atoms with Crippen molar-refractivity contribution in [1.29, 1.82) is 0 Å². The van der Waals surface area contributed by atoms with Gasteiger partial charge in [-0.15, -0.1) is 0 Å². The van der Waals surface area contributed by atoms with Crippen molar-refractivity contribution >= 4 is 22.6 Å². The first-order valence-corrected chi connectivity index (χ1v) is 12.0. The van der Waals surface area contributed by atoms with Crippen molar-refractivity contribution in [3.63, 3.8) is 0 Å². The molecule has 1 aliphatic heterocycles. The quantitative estimate of drug-likeness (QED) is 0.520. The zero-order valence-corrected chi connectivity index (χ0v) is 20.2. The van der Waals surface area contributed by atoms with Gasteiger partial charge in [-0.2, -0.15) is 0 Å². The summed E-state index contributed by atoms with van der Waals surface area (Å²) >= 11 is 0. The first-order valence-electron chi connectivity index (χ1n) is 12.0. The van der Waals surface area contributed by atoms with Crippen LogP contribution in [-0.2, 0) is 29.0 Å². The van der Waals surface area contributed by atoms with Gasteiger partial charge in [-0.25, -0.2) is 10.0 Å². The SMILES string of the molecule is CON(C)C(=O)c1cn(CCN2CCOCC2)c2ncc(NC3Cc4ccccc4C3)cc2c1=O. The number of nitrogens with one attached hydrogen (secondary N) is 1. The number of anilines is 1. The van der Waals surface area contributed by atoms with E-state index in [4.69, 9.17) is 9.57 Å². The third-order valence-corrected chi connectivity index (χ3v) is 6.89. The molecule has 1 fully saturated rings. The molecule has 35 heavy (non-hydrogen) atoms. The predicted molar refractivity (Wildman–Crippen MR) is 134 cm³/mol. The summed E-state index contributed by atoms with van der Waals surface area (Å²) in [4.78, 5) is 38.3. The van der Waals surface area contributed by atoms with Gasteiger partial charge < -0.3 is 14.6 Å². The molecule has 184 valence electrons. The second kappa shape index (κ2) is 10.2. The summed E-state index contributed by atoms with van der Waals surface area (Å²) in [7, 11) is 2.90. The Labute approximate surface area is 204 Å². The minimum absolute atomic E-state index is 0.0658. The van der Waals surface area contributed by atoms with Crippen LogP contribution in [0.2, 0.25) is 0 Å². The zero-order valence-electron chi connectivity index (χ0n) is 20.2. The Morgan fingerprint density at radius 2 is 1.91 bits per heavy atom. The van der Waals surface area contributed by atoms with E-state index < -0.39 is 5.91 Å². The van der Waals surface area contributed by atoms with Crippen LogP contribution in [0.25, 0.3) is 11.0 Å². The number of morpholine rings is 1. The van der Waals surface area contributed by atoms with Crippen molar-refractivity contribution in [2.24, 2.45) is 0 Å². The third-order valence-electron chi connectivity index (χ3n) is 6.89. The highest BCUT2D eigenvalue weighted by Crippen LogP contribution is 2.25. The largest absolute Gasteiger partial charge is 0.380 e. The van der Waals surface area contributed by atoms with E-state index >= 15 is 0 Å². The molecule has 0 unspecified atom stereocenters. The van der Waals surface area contributed by atoms with Gasteiger partial charge >= 0.3 is 0 Å². The number of carbonyl (C=O) groups is 1. The van der Waals surface area contributed by atoms with Gasteiger partial charge in [-0.1, -0.05) is 24.3 Å². The average Bonchev–Trinajstić information content (AvgIpc) is 3.30. The normalized spacial score (nSPS) is 16.4. The third kappa shape index (κ3) is 4.93. The van der Waals surface area contributed by atoms with Crippen molar-refractivity contribution in [2.45, 2.75) is 25.4 Å². The first-order chi connectivity index (χ1) is 17.0. The Hall–Kier alpha value is -3.27. The number of fused-ring (bicyclic) bond motifs is 2. The molecule has 9 heteroatoms. The fourth-order valence-corrected chi connectivity index (χ4v) is 4.90. The molecule has 0 atom stereocenters. The van der Waals surface area contributed by atoms with Crippen LogP contribution in [0.3, 0.4) is 0 Å². The molecule has 0 radical (unpaired) electrons. The molecule has 5 rings (SSSR count). The van der Waals surface area contributed by atoms with Gasteiger partial charge in [0, 0.05) is 45.5 Å². The first kappa shape index (κ1) is 23.5. The van der Waals surface area contributed by atoms with Crippen LogP contribution >= 0.6 is 0 Å². The van der Waals surface area contributed by atoms with E-state index in [1.165, 1.54) is 25.3 Å². The molecular formula is C26H31N5O4. The Morgan fingerprint density at radius 3 is 2.60 bits per heavy atom. The maximum atomic E-state index is 13.4. The molecule has 0 spiro atoms. The molecule has 3 aromatic rings. The van der Waals surface area contributed by atoms with E-state index in [9.17, 15) is 9.59 Å². The molecule has 0 bridgehead atoms. The van der Waals surface area contributed by atoms with Gasteiger partial charge in [0.15, 0.2) is 0 Å². The van der Waals surface area contributed by atoms with Gasteiger partial charge in [0.1, 0.15) is 11.2 Å². The van der Waals surface area contributed by atoms with Gasteiger partial charge in [0.2, 0.25) is 5.43 Å². The lowest BCUT2D eigenvalue weighted by molar-refractivity contribution is -0.0758. The van der Waals surface area contributed by atoms with Gasteiger partial charge in [-0.05, 0) is 30.0 Å². The van der Waals surface area contributed by atoms with Gasteiger partial charge in [0.25, 0.3) is 5.91 Å². The monoisotopic (exact) mass is 477 g/mol. The van der Waals surface area contributed by atoms with Crippen molar-refractivity contribution in [2.75, 3.05) is 52.3 Å². The van der Waals surface area contributed by atoms with Crippen LogP contribution in [0.5, 0.6) is 0 Å². The topological polar surface area (TPSA) is 88.9 Å². The summed E-state index contributed by atoms with van der Waals surface area (Å²) in [5, 5.41) is 5.03. The maximum absolute atomic E-state index is 13.4. The fraction of sp³-hybridized carbons (Fsp3) is 0.423. The molecular weight excluding hydrogens is 446 g/mol. The minimum Gasteiger partial charge on any atom is -0.380 e. The summed E-state index contributed by atoms with van der Waals surface area (Å²) in [5.41, 5.74) is 3.76. The Balaban J connectivity index is 1.46. The highest BCUT2D eigenvalue weighted by molar-refractivity contribution is 5.96. The van der Waals surface area contributed by atoms with E-state index in [-0.39, 0.29) is 17.0 Å². The molecule has 9 nitrogen and oxygen atoms in total. The number of benzene rings is 1. The highest BCUT2D eigenvalue weighted by atomic mass is 16.7. The van der Waals surface area contributed by atoms with Crippen molar-refractivity contribution in [3.05, 3.63) is 69.6 Å². The summed E-state index contributed by atoms with van der Waals surface area (Å²) in [6.45, 7) is 4.53. The minimum atomic E-state index is -0.482. The molecule has 2 aromatic heterocycles. The Morgan fingerprint density at radius 1 is 1.20 bits per heavy atom. The summed E-state index contributed by atoms with van der Waals surface area (Å²) in [6, 6.07) is 10.5. The number of hydrogen-bond acceptors (Lipinski definition) is 7. The number of hydrogen-bond donors (Lipinski definition) is 1. The second-order valence-electron chi connectivity index (χ2n) is 9.12. The summed E-state index contributed by atoms with van der Waals surface area (Å²) in [6.07, 6.45) is 5.24. The van der Waals surface area contributed by atoms with Crippen LogP contribution in [0, 0.1) is 0 Å². The standard InChI is InChI=1S/C26H31N5O4/c1-29(34-2)26(33)23-17-31(8-7-30-9-11-35-12-10-30)25-22(24(23)32)15-21(16-27-25)28-20-13-18-5-3-4-6-19(18)14-20/h3-6,15-17,20,28H,7-14H2,1-2H3. The Bertz CT molecular complexity index is 1260. The number of carbonyl (C=O) groups excluding carboxylic acids is 1. The summed E-state index contributed by atoms with van der Waals surface area (Å²) < 4.78 is 7.34. The van der Waals surface area contributed by atoms with E-state index in [0.29, 0.717) is 30.8 Å². The molecule has 3 heterocycles. The molecule has 2 aliphatic rings. The number of ether oxygens (including phenoxy) is 1. The van der Waals surface area contributed by atoms with Crippen LogP contribution in [-0.4, -0.2) is 78.5 Å². The van der Waals surface area contributed by atoms with E-state index in [0.717, 1.165) is 43.2 Å². The smallest absolute Gasteiger partial charge is 0.282 e. The van der Waals surface area contributed by atoms with E-state index in [1.54, 1.807) is 12.4 Å². The van der Waals surface area contributed by atoms with E-state index in [1.807, 2.05) is 10.6 Å². The highest BCUT2D eigenvalue weighted by Gasteiger charge is 2.23. The van der Waals surface area contributed by atoms with Crippen LogP contribution in [0.4, 0.5) is 5.69 Å². The number of pyridine rings is 2. The maximum Gasteiger partial charge on any atom is 0.282 e.